The lowest BCUT2D eigenvalue weighted by atomic mass is 9.94. The highest BCUT2D eigenvalue weighted by atomic mass is 32.2. The molecule has 0 spiro atoms. The summed E-state index contributed by atoms with van der Waals surface area (Å²) in [6.07, 6.45) is -17.4. The molecule has 0 saturated carbocycles. The summed E-state index contributed by atoms with van der Waals surface area (Å²) in [7, 11) is 1.13. The van der Waals surface area contributed by atoms with Gasteiger partial charge in [0.05, 0.1) is 33.5 Å². The Balaban J connectivity index is 1.24. The number of thioether (sulfide) groups is 1. The van der Waals surface area contributed by atoms with Gasteiger partial charge in [0.2, 0.25) is 0 Å². The number of carbonyl (C=O) groups excluding carboxylic acids is 4. The molecule has 8 rings (SSSR count). The van der Waals surface area contributed by atoms with Crippen LogP contribution in [0.4, 0.5) is 0 Å². The Morgan fingerprint density at radius 2 is 0.952 bits per heavy atom. The Kier molecular flexibility index (Phi) is 23.5. The minimum absolute atomic E-state index is 0.0146. The first-order chi connectivity index (χ1) is 40.8. The number of benzene rings is 5. The van der Waals surface area contributed by atoms with Gasteiger partial charge in [-0.1, -0.05) is 161 Å². The third kappa shape index (κ3) is 17.3. The minimum Gasteiger partial charge on any atom is -0.467 e. The minimum atomic E-state index is -1.82. The molecule has 84 heavy (non-hydrogen) atoms. The van der Waals surface area contributed by atoms with Gasteiger partial charge in [0.15, 0.2) is 18.7 Å². The molecule has 3 saturated heterocycles. The second-order valence-electron chi connectivity index (χ2n) is 19.8. The molecule has 0 amide bonds. The molecular formula is C60H66N6O17S. The monoisotopic (exact) mass is 1170 g/mol. The van der Waals surface area contributed by atoms with Gasteiger partial charge in [-0.15, -0.1) is 0 Å². The van der Waals surface area contributed by atoms with Crippen molar-refractivity contribution in [3.8, 4) is 0 Å². The number of nitrogens with zero attached hydrogens (tertiary/aromatic N) is 6. The lowest BCUT2D eigenvalue weighted by Crippen LogP contribution is -2.68. The molecule has 0 aromatic heterocycles. The topological polar surface area (TPSA) is 286 Å². The van der Waals surface area contributed by atoms with Gasteiger partial charge in [-0.3, -0.25) is 14.4 Å². The van der Waals surface area contributed by atoms with Crippen LogP contribution in [0.25, 0.3) is 20.9 Å². The van der Waals surface area contributed by atoms with Gasteiger partial charge in [0.25, 0.3) is 0 Å². The zero-order chi connectivity index (χ0) is 59.4. The molecule has 3 aliphatic heterocycles. The average molecular weight is 1180 g/mol. The van der Waals surface area contributed by atoms with Gasteiger partial charge in [0.1, 0.15) is 85.7 Å². The Hall–Kier alpha value is -7.41. The summed E-state index contributed by atoms with van der Waals surface area (Å²) in [5.41, 5.74) is 23.3. The van der Waals surface area contributed by atoms with Crippen molar-refractivity contribution < 1.29 is 80.8 Å². The molecule has 0 radical (unpaired) electrons. The number of hydrogen-bond acceptors (Lipinski definition) is 20. The summed E-state index contributed by atoms with van der Waals surface area (Å²) in [5.74, 6) is -3.12. The summed E-state index contributed by atoms with van der Waals surface area (Å²) in [4.78, 5) is 60.0. The van der Waals surface area contributed by atoms with E-state index in [1.54, 1.807) is 0 Å². The van der Waals surface area contributed by atoms with Crippen LogP contribution in [-0.2, 0) is 107 Å². The van der Waals surface area contributed by atoms with E-state index < -0.39 is 122 Å². The Morgan fingerprint density at radius 1 is 0.500 bits per heavy atom. The van der Waals surface area contributed by atoms with Crippen molar-refractivity contribution in [3.63, 3.8) is 0 Å². The molecule has 3 aliphatic rings. The van der Waals surface area contributed by atoms with Gasteiger partial charge in [0, 0.05) is 35.5 Å². The van der Waals surface area contributed by atoms with Gasteiger partial charge in [-0.2, -0.15) is 0 Å². The van der Waals surface area contributed by atoms with E-state index in [0.29, 0.717) is 16.0 Å². The fourth-order valence-corrected chi connectivity index (χ4v) is 10.9. The molecule has 5 aromatic rings. The molecular weight excluding hydrogens is 1110 g/mol. The van der Waals surface area contributed by atoms with Crippen molar-refractivity contribution in [2.75, 3.05) is 20.3 Å². The van der Waals surface area contributed by atoms with E-state index in [-0.39, 0.29) is 33.0 Å². The van der Waals surface area contributed by atoms with Crippen molar-refractivity contribution in [1.29, 1.82) is 0 Å². The van der Waals surface area contributed by atoms with Crippen molar-refractivity contribution in [2.24, 2.45) is 10.2 Å². The number of ether oxygens (including phenoxy) is 13. The van der Waals surface area contributed by atoms with Crippen molar-refractivity contribution in [2.45, 2.75) is 150 Å². The van der Waals surface area contributed by atoms with Crippen LogP contribution >= 0.6 is 11.8 Å². The van der Waals surface area contributed by atoms with E-state index >= 15 is 0 Å². The highest BCUT2D eigenvalue weighted by Gasteiger charge is 2.58. The number of hydrogen-bond donors (Lipinski definition) is 0. The molecule has 24 heteroatoms. The van der Waals surface area contributed by atoms with Crippen molar-refractivity contribution >= 4 is 35.6 Å². The van der Waals surface area contributed by atoms with Gasteiger partial charge >= 0.3 is 23.9 Å². The number of rotatable bonds is 26. The van der Waals surface area contributed by atoms with E-state index in [4.69, 9.17) is 61.6 Å². The molecule has 5 aromatic carbocycles. The zero-order valence-electron chi connectivity index (χ0n) is 46.8. The molecule has 15 atom stereocenters. The summed E-state index contributed by atoms with van der Waals surface area (Å²) >= 11 is 1.17. The molecule has 3 fully saturated rings. The van der Waals surface area contributed by atoms with Crippen LogP contribution in [-0.4, -0.2) is 135 Å². The first-order valence-electron chi connectivity index (χ1n) is 27.0. The average Bonchev–Trinajstić information content (AvgIpc) is 2.10. The second kappa shape index (κ2) is 31.5. The maximum absolute atomic E-state index is 14.6. The highest BCUT2D eigenvalue weighted by Crippen LogP contribution is 2.41. The van der Waals surface area contributed by atoms with Crippen LogP contribution in [0.5, 0.6) is 0 Å². The fourth-order valence-electron chi connectivity index (χ4n) is 9.78. The lowest BCUT2D eigenvalue weighted by Gasteiger charge is -2.50. The summed E-state index contributed by atoms with van der Waals surface area (Å²) in [6.45, 7) is 4.43. The van der Waals surface area contributed by atoms with Crippen LogP contribution in [0.15, 0.2) is 161 Å². The maximum Gasteiger partial charge on any atom is 0.337 e. The summed E-state index contributed by atoms with van der Waals surface area (Å²) in [5, 5.41) is 8.32. The molecule has 0 N–H and O–H groups in total. The van der Waals surface area contributed by atoms with E-state index in [1.807, 2.05) is 153 Å². The number of carbonyl (C=O) groups is 4. The van der Waals surface area contributed by atoms with E-state index in [1.165, 1.54) is 25.6 Å². The molecule has 3 heterocycles. The third-order valence-electron chi connectivity index (χ3n) is 13.7. The normalized spacial score (nSPS) is 27.4. The van der Waals surface area contributed by atoms with E-state index in [9.17, 15) is 30.2 Å². The Labute approximate surface area is 489 Å². The van der Waals surface area contributed by atoms with Crippen LogP contribution in [0.1, 0.15) is 48.6 Å². The third-order valence-corrected chi connectivity index (χ3v) is 14.9. The predicted octanol–water partition coefficient (Wildman–Crippen LogP) is 8.96. The molecule has 2 unspecified atom stereocenters. The Morgan fingerprint density at radius 3 is 1.43 bits per heavy atom. The van der Waals surface area contributed by atoms with Crippen LogP contribution in [0.3, 0.4) is 0 Å². The highest BCUT2D eigenvalue weighted by molar-refractivity contribution is 7.99. The first kappa shape index (κ1) is 62.6. The van der Waals surface area contributed by atoms with Gasteiger partial charge < -0.3 is 61.6 Å². The van der Waals surface area contributed by atoms with Crippen LogP contribution in [0, 0.1) is 6.92 Å². The maximum atomic E-state index is 14.6. The molecule has 444 valence electrons. The molecule has 0 aliphatic carbocycles. The number of esters is 4. The van der Waals surface area contributed by atoms with Gasteiger partial charge in [-0.05, 0) is 52.4 Å². The zero-order valence-corrected chi connectivity index (χ0v) is 47.6. The summed E-state index contributed by atoms with van der Waals surface area (Å²) < 4.78 is 83.8. The second-order valence-corrected chi connectivity index (χ2v) is 21.0. The quantitative estimate of drug-likeness (QED) is 0.0164. The number of methoxy groups -OCH3 is 1. The standard InChI is InChI=1S/C60H66N6O17S/c1-36-26-28-44(29-27-36)84-60-48(64-66-62)52(78-39(4)69)50(46(80-60)35-73-38(3)68)81-59-56(77-33-43-24-16-9-17-25-43)53(76-32-42-22-14-8-15-23-42)54(55(83-59)57(70)71-5)82-58-47(63-65-61)51(75-31-41-20-12-7-13-21-41)49(45(79-58)34-72-37(2)67)74-30-40-18-10-6-11-19-40/h6-29,45-56,58-60H,30-35H2,1-5H3/t45-,46-,47-,48-,49-,50?,51-,52-,53+,54+,55+,56-,58-,59-,60?/m1/s1. The van der Waals surface area contributed by atoms with E-state index in [2.05, 4.69) is 20.1 Å². The number of aryl methyl sites for hydroxylation is 1. The van der Waals surface area contributed by atoms with Gasteiger partial charge in [-0.25, -0.2) is 4.79 Å². The SMILES string of the molecule is COC(=O)[C@H]1O[C@@H](OC2[C@@H](COC(C)=O)OC(Sc3ccc(C)cc3)[C@H](N=[N+]=[N-])[C@H]2OC(C)=O)[C@H](OCc2ccccc2)[C@@H](OCc2ccccc2)[C@@H]1O[C@H]1O[C@H](COC(C)=O)[C@@H](OCc2ccccc2)[C@H](OCc2ccccc2)[C@H]1N=[N+]=[N-]. The Bertz CT molecular complexity index is 3000. The smallest absolute Gasteiger partial charge is 0.337 e. The predicted molar refractivity (Wildman–Crippen MR) is 300 cm³/mol. The number of azide groups is 2. The van der Waals surface area contributed by atoms with Crippen molar-refractivity contribution in [3.05, 3.63) is 194 Å². The fraction of sp³-hybridized carbons (Fsp3) is 0.433. The lowest BCUT2D eigenvalue weighted by molar-refractivity contribution is -0.366. The first-order valence-corrected chi connectivity index (χ1v) is 27.9. The largest absolute Gasteiger partial charge is 0.467 e. The van der Waals surface area contributed by atoms with Crippen molar-refractivity contribution in [1.82, 2.24) is 0 Å². The summed E-state index contributed by atoms with van der Waals surface area (Å²) in [6, 6.07) is 41.4. The van der Waals surface area contributed by atoms with Crippen LogP contribution in [0.2, 0.25) is 0 Å². The molecule has 23 nitrogen and oxygen atoms in total. The van der Waals surface area contributed by atoms with E-state index in [0.717, 1.165) is 30.7 Å². The van der Waals surface area contributed by atoms with Crippen LogP contribution < -0.4 is 0 Å². The molecule has 0 bridgehead atoms.